The SMILES string of the molecule is C=C(C)CNC(=O)Nc1ccc(/C=C/C(=O)O)cc1. The summed E-state index contributed by atoms with van der Waals surface area (Å²) in [7, 11) is 0. The summed E-state index contributed by atoms with van der Waals surface area (Å²) in [4.78, 5) is 21.8. The maximum absolute atomic E-state index is 11.5. The van der Waals surface area contributed by atoms with E-state index in [1.165, 1.54) is 6.08 Å². The lowest BCUT2D eigenvalue weighted by Gasteiger charge is -2.07. The van der Waals surface area contributed by atoms with Gasteiger partial charge in [-0.2, -0.15) is 0 Å². The van der Waals surface area contributed by atoms with Crippen molar-refractivity contribution in [1.82, 2.24) is 5.32 Å². The van der Waals surface area contributed by atoms with Crippen LogP contribution in [0.15, 0.2) is 42.5 Å². The summed E-state index contributed by atoms with van der Waals surface area (Å²) < 4.78 is 0. The van der Waals surface area contributed by atoms with Crippen LogP contribution in [0.3, 0.4) is 0 Å². The molecule has 100 valence electrons. The van der Waals surface area contributed by atoms with Crippen LogP contribution in [0.1, 0.15) is 12.5 Å². The minimum Gasteiger partial charge on any atom is -0.478 e. The summed E-state index contributed by atoms with van der Waals surface area (Å²) in [6, 6.07) is 6.52. The Hall–Kier alpha value is -2.56. The molecule has 0 bridgehead atoms. The normalized spacial score (nSPS) is 10.2. The fraction of sp³-hybridized carbons (Fsp3) is 0.143. The van der Waals surface area contributed by atoms with Crippen LogP contribution in [0, 0.1) is 0 Å². The molecule has 0 spiro atoms. The van der Waals surface area contributed by atoms with Crippen LogP contribution in [0.2, 0.25) is 0 Å². The number of aliphatic carboxylic acids is 1. The zero-order valence-electron chi connectivity index (χ0n) is 10.6. The predicted octanol–water partition coefficient (Wildman–Crippen LogP) is 2.48. The van der Waals surface area contributed by atoms with Crippen molar-refractivity contribution in [2.24, 2.45) is 0 Å². The Morgan fingerprint density at radius 3 is 2.47 bits per heavy atom. The van der Waals surface area contributed by atoms with Crippen LogP contribution < -0.4 is 10.6 Å². The van der Waals surface area contributed by atoms with E-state index in [1.54, 1.807) is 24.3 Å². The van der Waals surface area contributed by atoms with Crippen LogP contribution in [0.25, 0.3) is 6.08 Å². The smallest absolute Gasteiger partial charge is 0.328 e. The quantitative estimate of drug-likeness (QED) is 0.562. The lowest BCUT2D eigenvalue weighted by molar-refractivity contribution is -0.131. The Balaban J connectivity index is 2.54. The highest BCUT2D eigenvalue weighted by Crippen LogP contribution is 2.10. The number of hydrogen-bond donors (Lipinski definition) is 3. The van der Waals surface area contributed by atoms with E-state index in [2.05, 4.69) is 17.2 Å². The molecule has 0 aliphatic rings. The van der Waals surface area contributed by atoms with E-state index in [1.807, 2.05) is 6.92 Å². The van der Waals surface area contributed by atoms with E-state index in [0.717, 1.165) is 17.2 Å². The van der Waals surface area contributed by atoms with E-state index >= 15 is 0 Å². The van der Waals surface area contributed by atoms with Gasteiger partial charge in [-0.1, -0.05) is 24.3 Å². The van der Waals surface area contributed by atoms with Gasteiger partial charge in [0.25, 0.3) is 0 Å². The summed E-state index contributed by atoms with van der Waals surface area (Å²) in [5.41, 5.74) is 2.24. The number of urea groups is 1. The molecule has 0 aliphatic heterocycles. The highest BCUT2D eigenvalue weighted by Gasteiger charge is 2.00. The Kier molecular flexibility index (Phi) is 5.35. The van der Waals surface area contributed by atoms with Crippen molar-refractivity contribution >= 4 is 23.8 Å². The number of benzene rings is 1. The lowest BCUT2D eigenvalue weighted by Crippen LogP contribution is -2.29. The number of rotatable bonds is 5. The topological polar surface area (TPSA) is 78.4 Å². The summed E-state index contributed by atoms with van der Waals surface area (Å²) in [5.74, 6) is -0.999. The van der Waals surface area contributed by atoms with E-state index in [9.17, 15) is 9.59 Å². The number of carboxylic acid groups (broad SMARTS) is 1. The molecule has 0 radical (unpaired) electrons. The van der Waals surface area contributed by atoms with Crippen LogP contribution in [-0.4, -0.2) is 23.7 Å². The molecule has 0 aliphatic carbocycles. The van der Waals surface area contributed by atoms with Crippen molar-refractivity contribution in [1.29, 1.82) is 0 Å². The van der Waals surface area contributed by atoms with Gasteiger partial charge in [0.05, 0.1) is 0 Å². The molecule has 0 unspecified atom stereocenters. The second-order valence-electron chi connectivity index (χ2n) is 4.06. The highest BCUT2D eigenvalue weighted by molar-refractivity contribution is 5.89. The van der Waals surface area contributed by atoms with Crippen molar-refractivity contribution in [2.75, 3.05) is 11.9 Å². The van der Waals surface area contributed by atoms with Gasteiger partial charge in [0, 0.05) is 18.3 Å². The standard InChI is InChI=1S/C14H16N2O3/c1-10(2)9-15-14(19)16-12-6-3-11(4-7-12)5-8-13(17)18/h3-8H,1,9H2,2H3,(H,17,18)(H2,15,16,19)/b8-5+. The average Bonchev–Trinajstić information content (AvgIpc) is 2.35. The highest BCUT2D eigenvalue weighted by atomic mass is 16.4. The van der Waals surface area contributed by atoms with E-state index in [0.29, 0.717) is 12.2 Å². The molecule has 3 N–H and O–H groups in total. The van der Waals surface area contributed by atoms with E-state index in [4.69, 9.17) is 5.11 Å². The van der Waals surface area contributed by atoms with Gasteiger partial charge in [-0.25, -0.2) is 9.59 Å². The number of amides is 2. The second-order valence-corrected chi connectivity index (χ2v) is 4.06. The Morgan fingerprint density at radius 2 is 1.95 bits per heavy atom. The van der Waals surface area contributed by atoms with Crippen molar-refractivity contribution in [3.8, 4) is 0 Å². The van der Waals surface area contributed by atoms with Crippen LogP contribution in [-0.2, 0) is 4.79 Å². The molecular weight excluding hydrogens is 244 g/mol. The number of carboxylic acids is 1. The van der Waals surface area contributed by atoms with Gasteiger partial charge >= 0.3 is 12.0 Å². The molecule has 5 nitrogen and oxygen atoms in total. The van der Waals surface area contributed by atoms with E-state index in [-0.39, 0.29) is 6.03 Å². The molecule has 0 atom stereocenters. The number of carbonyl (C=O) groups is 2. The average molecular weight is 260 g/mol. The first-order valence-corrected chi connectivity index (χ1v) is 5.67. The Bertz CT molecular complexity index is 504. The summed E-state index contributed by atoms with van der Waals surface area (Å²) >= 11 is 0. The molecule has 0 saturated heterocycles. The molecule has 5 heteroatoms. The first kappa shape index (κ1) is 14.5. The first-order valence-electron chi connectivity index (χ1n) is 5.67. The lowest BCUT2D eigenvalue weighted by atomic mass is 10.2. The molecular formula is C14H16N2O3. The zero-order chi connectivity index (χ0) is 14.3. The monoisotopic (exact) mass is 260 g/mol. The van der Waals surface area contributed by atoms with Gasteiger partial charge in [0.15, 0.2) is 0 Å². The largest absolute Gasteiger partial charge is 0.478 e. The third-order valence-electron chi connectivity index (χ3n) is 2.14. The third kappa shape index (κ3) is 6.07. The van der Waals surface area contributed by atoms with Crippen molar-refractivity contribution in [2.45, 2.75) is 6.92 Å². The van der Waals surface area contributed by atoms with Crippen molar-refractivity contribution < 1.29 is 14.7 Å². The van der Waals surface area contributed by atoms with Crippen LogP contribution in [0.4, 0.5) is 10.5 Å². The van der Waals surface area contributed by atoms with Crippen molar-refractivity contribution in [3.63, 3.8) is 0 Å². The predicted molar refractivity (Wildman–Crippen MR) is 74.9 cm³/mol. The Labute approximate surface area is 111 Å². The van der Waals surface area contributed by atoms with Crippen LogP contribution >= 0.6 is 0 Å². The molecule has 1 aromatic carbocycles. The summed E-state index contributed by atoms with van der Waals surface area (Å²) in [6.07, 6.45) is 2.54. The summed E-state index contributed by atoms with van der Waals surface area (Å²) in [6.45, 7) is 5.93. The van der Waals surface area contributed by atoms with Gasteiger partial charge in [-0.05, 0) is 30.7 Å². The molecule has 0 heterocycles. The molecule has 0 fully saturated rings. The van der Waals surface area contributed by atoms with Gasteiger partial charge in [0.1, 0.15) is 0 Å². The van der Waals surface area contributed by atoms with Crippen molar-refractivity contribution in [3.05, 3.63) is 48.1 Å². The third-order valence-corrected chi connectivity index (χ3v) is 2.14. The van der Waals surface area contributed by atoms with Gasteiger partial charge in [-0.3, -0.25) is 0 Å². The first-order chi connectivity index (χ1) is 8.97. The molecule has 2 amide bonds. The maximum atomic E-state index is 11.5. The molecule has 1 aromatic rings. The molecule has 0 saturated carbocycles. The Morgan fingerprint density at radius 1 is 1.32 bits per heavy atom. The number of hydrogen-bond acceptors (Lipinski definition) is 2. The van der Waals surface area contributed by atoms with Gasteiger partial charge in [-0.15, -0.1) is 0 Å². The van der Waals surface area contributed by atoms with Gasteiger partial charge in [0.2, 0.25) is 0 Å². The number of nitrogens with one attached hydrogen (secondary N) is 2. The van der Waals surface area contributed by atoms with Gasteiger partial charge < -0.3 is 15.7 Å². The minimum absolute atomic E-state index is 0.308. The molecule has 1 rings (SSSR count). The fourth-order valence-corrected chi connectivity index (χ4v) is 1.25. The number of carbonyl (C=O) groups excluding carboxylic acids is 1. The summed E-state index contributed by atoms with van der Waals surface area (Å²) in [5, 5.41) is 13.8. The van der Waals surface area contributed by atoms with E-state index < -0.39 is 5.97 Å². The maximum Gasteiger partial charge on any atom is 0.328 e. The molecule has 19 heavy (non-hydrogen) atoms. The second kappa shape index (κ2) is 7.00. The fourth-order valence-electron chi connectivity index (χ4n) is 1.25. The molecule has 0 aromatic heterocycles. The number of anilines is 1. The zero-order valence-corrected chi connectivity index (χ0v) is 10.6. The van der Waals surface area contributed by atoms with Crippen LogP contribution in [0.5, 0.6) is 0 Å². The minimum atomic E-state index is -0.999.